The second kappa shape index (κ2) is 9.67. The number of methoxy groups -OCH3 is 1. The van der Waals surface area contributed by atoms with E-state index in [1.54, 1.807) is 0 Å². The number of hydrogen-bond donors (Lipinski definition) is 0. The molecule has 0 bridgehead atoms. The van der Waals surface area contributed by atoms with Gasteiger partial charge in [-0.25, -0.2) is 0 Å². The van der Waals surface area contributed by atoms with Crippen molar-refractivity contribution in [2.45, 2.75) is 26.1 Å². The predicted octanol–water partition coefficient (Wildman–Crippen LogP) is 2.42. The molecular formula is C15H22O4. The van der Waals surface area contributed by atoms with Crippen molar-refractivity contribution < 1.29 is 19.0 Å². The maximum absolute atomic E-state index is 10.9. The highest BCUT2D eigenvalue weighted by Crippen LogP contribution is 2.11. The van der Waals surface area contributed by atoms with Crippen molar-refractivity contribution >= 4 is 6.29 Å². The standard InChI is InChI=1S/C15H22O4/c1-13(15(10-16)19-12-17-2)8-9-18-11-14-6-4-3-5-7-14/h3-7,10,13,15H,8-9,11-12H2,1-2H3/t13-,15+/m0/s1. The first-order valence-electron chi connectivity index (χ1n) is 6.45. The van der Waals surface area contributed by atoms with E-state index in [0.29, 0.717) is 13.2 Å². The molecule has 0 aliphatic rings. The van der Waals surface area contributed by atoms with Crippen LogP contribution in [0.15, 0.2) is 30.3 Å². The molecule has 4 heteroatoms. The maximum atomic E-state index is 10.9. The summed E-state index contributed by atoms with van der Waals surface area (Å²) in [6.07, 6.45) is 1.17. The van der Waals surface area contributed by atoms with Gasteiger partial charge in [0, 0.05) is 13.7 Å². The van der Waals surface area contributed by atoms with Crippen LogP contribution in [0.3, 0.4) is 0 Å². The van der Waals surface area contributed by atoms with Crippen LogP contribution in [0.5, 0.6) is 0 Å². The number of rotatable bonds is 10. The lowest BCUT2D eigenvalue weighted by Crippen LogP contribution is -2.25. The smallest absolute Gasteiger partial charge is 0.149 e. The molecule has 0 saturated carbocycles. The first-order chi connectivity index (χ1) is 9.27. The van der Waals surface area contributed by atoms with Crippen LogP contribution < -0.4 is 0 Å². The summed E-state index contributed by atoms with van der Waals surface area (Å²) in [6, 6.07) is 10.0. The summed E-state index contributed by atoms with van der Waals surface area (Å²) in [5.41, 5.74) is 1.15. The fourth-order valence-corrected chi connectivity index (χ4v) is 1.68. The molecule has 0 aliphatic heterocycles. The molecular weight excluding hydrogens is 244 g/mol. The van der Waals surface area contributed by atoms with Crippen molar-refractivity contribution in [2.24, 2.45) is 5.92 Å². The monoisotopic (exact) mass is 266 g/mol. The Morgan fingerprint density at radius 3 is 2.63 bits per heavy atom. The van der Waals surface area contributed by atoms with Gasteiger partial charge >= 0.3 is 0 Å². The molecule has 0 aromatic heterocycles. The summed E-state index contributed by atoms with van der Waals surface area (Å²) >= 11 is 0. The van der Waals surface area contributed by atoms with Gasteiger partial charge in [0.2, 0.25) is 0 Å². The Morgan fingerprint density at radius 2 is 2.00 bits per heavy atom. The van der Waals surface area contributed by atoms with E-state index >= 15 is 0 Å². The quantitative estimate of drug-likeness (QED) is 0.370. The number of carbonyl (C=O) groups excluding carboxylic acids is 1. The first-order valence-corrected chi connectivity index (χ1v) is 6.45. The van der Waals surface area contributed by atoms with Crippen LogP contribution in [0, 0.1) is 5.92 Å². The Kier molecular flexibility index (Phi) is 8.05. The van der Waals surface area contributed by atoms with E-state index in [0.717, 1.165) is 18.3 Å². The van der Waals surface area contributed by atoms with E-state index in [2.05, 4.69) is 0 Å². The Bertz CT molecular complexity index is 339. The van der Waals surface area contributed by atoms with Gasteiger partial charge in [-0.15, -0.1) is 0 Å². The van der Waals surface area contributed by atoms with Gasteiger partial charge in [-0.3, -0.25) is 0 Å². The Morgan fingerprint density at radius 1 is 1.26 bits per heavy atom. The topological polar surface area (TPSA) is 44.8 Å². The number of carbonyl (C=O) groups is 1. The molecule has 1 aromatic carbocycles. The summed E-state index contributed by atoms with van der Waals surface area (Å²) in [7, 11) is 1.54. The van der Waals surface area contributed by atoms with Gasteiger partial charge in [0.25, 0.3) is 0 Å². The molecule has 0 N–H and O–H groups in total. The third-order valence-electron chi connectivity index (χ3n) is 2.90. The molecule has 0 spiro atoms. The maximum Gasteiger partial charge on any atom is 0.149 e. The van der Waals surface area contributed by atoms with Crippen LogP contribution in [0.1, 0.15) is 18.9 Å². The zero-order valence-corrected chi connectivity index (χ0v) is 11.6. The molecule has 0 unspecified atom stereocenters. The minimum atomic E-state index is -0.430. The number of ether oxygens (including phenoxy) is 3. The summed E-state index contributed by atoms with van der Waals surface area (Å²) in [5.74, 6) is 0.114. The molecule has 1 rings (SSSR count). The molecule has 0 saturated heterocycles. The van der Waals surface area contributed by atoms with Crippen LogP contribution in [-0.2, 0) is 25.6 Å². The van der Waals surface area contributed by atoms with E-state index in [1.807, 2.05) is 37.3 Å². The predicted molar refractivity (Wildman–Crippen MR) is 72.7 cm³/mol. The highest BCUT2D eigenvalue weighted by molar-refractivity contribution is 5.56. The fraction of sp³-hybridized carbons (Fsp3) is 0.533. The minimum absolute atomic E-state index is 0.114. The molecule has 0 fully saturated rings. The van der Waals surface area contributed by atoms with Crippen LogP contribution in [0.2, 0.25) is 0 Å². The van der Waals surface area contributed by atoms with Crippen molar-refractivity contribution in [3.05, 3.63) is 35.9 Å². The highest BCUT2D eigenvalue weighted by Gasteiger charge is 2.16. The lowest BCUT2D eigenvalue weighted by molar-refractivity contribution is -0.133. The van der Waals surface area contributed by atoms with E-state index in [1.165, 1.54) is 7.11 Å². The summed E-state index contributed by atoms with van der Waals surface area (Å²) in [5, 5.41) is 0. The fourth-order valence-electron chi connectivity index (χ4n) is 1.68. The number of benzene rings is 1. The van der Waals surface area contributed by atoms with Crippen LogP contribution >= 0.6 is 0 Å². The number of hydrogen-bond acceptors (Lipinski definition) is 4. The second-order valence-corrected chi connectivity index (χ2v) is 4.48. The first kappa shape index (κ1) is 15.8. The molecule has 4 nitrogen and oxygen atoms in total. The second-order valence-electron chi connectivity index (χ2n) is 4.48. The van der Waals surface area contributed by atoms with E-state index in [-0.39, 0.29) is 12.7 Å². The van der Waals surface area contributed by atoms with Gasteiger partial charge in [-0.1, -0.05) is 37.3 Å². The van der Waals surface area contributed by atoms with Gasteiger partial charge in [0.15, 0.2) is 0 Å². The SMILES string of the molecule is COCO[C@H](C=O)[C@@H](C)CCOCc1ccccc1. The zero-order chi connectivity index (χ0) is 13.9. The lowest BCUT2D eigenvalue weighted by atomic mass is 10.0. The Balaban J connectivity index is 2.18. The van der Waals surface area contributed by atoms with E-state index in [9.17, 15) is 4.79 Å². The van der Waals surface area contributed by atoms with Crippen molar-refractivity contribution in [1.82, 2.24) is 0 Å². The van der Waals surface area contributed by atoms with Crippen LogP contribution in [0.25, 0.3) is 0 Å². The molecule has 0 radical (unpaired) electrons. The van der Waals surface area contributed by atoms with Crippen molar-refractivity contribution in [2.75, 3.05) is 20.5 Å². The van der Waals surface area contributed by atoms with Gasteiger partial charge in [-0.2, -0.15) is 0 Å². The number of aldehydes is 1. The third-order valence-corrected chi connectivity index (χ3v) is 2.90. The molecule has 106 valence electrons. The van der Waals surface area contributed by atoms with Crippen LogP contribution in [0.4, 0.5) is 0 Å². The van der Waals surface area contributed by atoms with E-state index in [4.69, 9.17) is 14.2 Å². The van der Waals surface area contributed by atoms with Gasteiger partial charge < -0.3 is 19.0 Å². The molecule has 2 atom stereocenters. The van der Waals surface area contributed by atoms with Gasteiger partial charge in [0.05, 0.1) is 6.61 Å². The van der Waals surface area contributed by atoms with Crippen molar-refractivity contribution in [3.63, 3.8) is 0 Å². The van der Waals surface area contributed by atoms with Gasteiger partial charge in [-0.05, 0) is 17.9 Å². The third kappa shape index (κ3) is 6.47. The molecule has 0 aliphatic carbocycles. The summed E-state index contributed by atoms with van der Waals surface area (Å²) in [4.78, 5) is 10.9. The van der Waals surface area contributed by atoms with Crippen molar-refractivity contribution in [3.8, 4) is 0 Å². The normalized spacial score (nSPS) is 14.0. The molecule has 0 amide bonds. The van der Waals surface area contributed by atoms with Crippen molar-refractivity contribution in [1.29, 1.82) is 0 Å². The molecule has 19 heavy (non-hydrogen) atoms. The Labute approximate surface area is 114 Å². The highest BCUT2D eigenvalue weighted by atomic mass is 16.7. The minimum Gasteiger partial charge on any atom is -0.377 e. The summed E-state index contributed by atoms with van der Waals surface area (Å²) in [6.45, 7) is 3.31. The van der Waals surface area contributed by atoms with Gasteiger partial charge in [0.1, 0.15) is 19.2 Å². The Hall–Kier alpha value is -1.23. The summed E-state index contributed by atoms with van der Waals surface area (Å²) < 4.78 is 15.7. The largest absolute Gasteiger partial charge is 0.377 e. The molecule has 1 aromatic rings. The zero-order valence-electron chi connectivity index (χ0n) is 11.6. The average molecular weight is 266 g/mol. The lowest BCUT2D eigenvalue weighted by Gasteiger charge is -2.18. The van der Waals surface area contributed by atoms with E-state index < -0.39 is 6.10 Å². The molecule has 0 heterocycles. The van der Waals surface area contributed by atoms with Crippen LogP contribution in [-0.4, -0.2) is 32.9 Å². The average Bonchev–Trinajstić information content (AvgIpc) is 2.45.